The van der Waals surface area contributed by atoms with Gasteiger partial charge in [0.2, 0.25) is 0 Å². The first-order valence-corrected chi connectivity index (χ1v) is 7.18. The molecule has 0 bridgehead atoms. The van der Waals surface area contributed by atoms with Crippen molar-refractivity contribution in [1.82, 2.24) is 0 Å². The van der Waals surface area contributed by atoms with Crippen LogP contribution in [0, 0.1) is 5.92 Å². The van der Waals surface area contributed by atoms with E-state index in [9.17, 15) is 5.11 Å². The number of hydrogen-bond acceptors (Lipinski definition) is 2. The molecule has 0 saturated heterocycles. The second-order valence-corrected chi connectivity index (χ2v) is 5.59. The Morgan fingerprint density at radius 1 is 1.00 bits per heavy atom. The van der Waals surface area contributed by atoms with Gasteiger partial charge in [-0.15, -0.1) is 0 Å². The zero-order valence-electron chi connectivity index (χ0n) is 12.8. The molecular formula is C15H34O2. The first kappa shape index (κ1) is 19.3. The molecule has 0 aliphatic rings. The number of hydrogen-bond donors (Lipinski definition) is 2. The second kappa shape index (κ2) is 11.0. The summed E-state index contributed by atoms with van der Waals surface area (Å²) < 4.78 is 0. The second-order valence-electron chi connectivity index (χ2n) is 5.59. The Bertz CT molecular complexity index is 143. The third-order valence-corrected chi connectivity index (χ3v) is 3.12. The predicted molar refractivity (Wildman–Crippen MR) is 76.2 cm³/mol. The van der Waals surface area contributed by atoms with Gasteiger partial charge in [0.05, 0.1) is 11.7 Å². The van der Waals surface area contributed by atoms with Crippen LogP contribution in [0.15, 0.2) is 0 Å². The normalized spacial score (nSPS) is 13.2. The molecule has 2 nitrogen and oxygen atoms in total. The summed E-state index contributed by atoms with van der Waals surface area (Å²) in [6, 6.07) is 0. The van der Waals surface area contributed by atoms with Crippen molar-refractivity contribution in [3.8, 4) is 0 Å². The SMILES string of the molecule is CCC(CC)C(C)O.CCCCCC(C)(C)O. The summed E-state index contributed by atoms with van der Waals surface area (Å²) in [6.07, 6.45) is 6.62. The van der Waals surface area contributed by atoms with E-state index in [-0.39, 0.29) is 6.10 Å². The van der Waals surface area contributed by atoms with Gasteiger partial charge in [-0.25, -0.2) is 0 Å². The molecular weight excluding hydrogens is 212 g/mol. The molecule has 0 aromatic heterocycles. The maximum atomic E-state index is 9.24. The van der Waals surface area contributed by atoms with Crippen molar-refractivity contribution in [1.29, 1.82) is 0 Å². The van der Waals surface area contributed by atoms with Crippen LogP contribution in [0.1, 0.15) is 80.1 Å². The zero-order chi connectivity index (χ0) is 13.9. The molecule has 0 radical (unpaired) electrons. The van der Waals surface area contributed by atoms with Crippen LogP contribution in [0.2, 0.25) is 0 Å². The standard InChI is InChI=1S/C8H18O.C7H16O/c1-4-5-6-7-8(2,3)9;1-4-7(5-2)6(3)8/h9H,4-7H2,1-3H3;6-8H,4-5H2,1-3H3. The summed E-state index contributed by atoms with van der Waals surface area (Å²) in [5.74, 6) is 0.509. The minimum Gasteiger partial charge on any atom is -0.393 e. The molecule has 0 saturated carbocycles. The lowest BCUT2D eigenvalue weighted by Gasteiger charge is -2.15. The quantitative estimate of drug-likeness (QED) is 0.663. The van der Waals surface area contributed by atoms with Crippen LogP contribution in [0.5, 0.6) is 0 Å². The monoisotopic (exact) mass is 246 g/mol. The first-order chi connectivity index (χ1) is 7.78. The minimum absolute atomic E-state index is 0.120. The highest BCUT2D eigenvalue weighted by Gasteiger charge is 2.10. The Balaban J connectivity index is 0. The van der Waals surface area contributed by atoms with Crippen LogP contribution in [0.3, 0.4) is 0 Å². The lowest BCUT2D eigenvalue weighted by atomic mass is 9.98. The molecule has 17 heavy (non-hydrogen) atoms. The first-order valence-electron chi connectivity index (χ1n) is 7.18. The van der Waals surface area contributed by atoms with Gasteiger partial charge in [-0.05, 0) is 33.1 Å². The molecule has 0 rings (SSSR count). The molecule has 0 heterocycles. The predicted octanol–water partition coefficient (Wildman–Crippen LogP) is 4.14. The Morgan fingerprint density at radius 3 is 1.65 bits per heavy atom. The van der Waals surface area contributed by atoms with E-state index in [1.165, 1.54) is 12.8 Å². The van der Waals surface area contributed by atoms with Crippen LogP contribution < -0.4 is 0 Å². The van der Waals surface area contributed by atoms with Crippen molar-refractivity contribution >= 4 is 0 Å². The molecule has 106 valence electrons. The molecule has 2 N–H and O–H groups in total. The molecule has 0 aliphatic carbocycles. The Hall–Kier alpha value is -0.0800. The molecule has 0 aromatic rings. The average Bonchev–Trinajstić information content (AvgIpc) is 2.18. The summed E-state index contributed by atoms with van der Waals surface area (Å²) in [4.78, 5) is 0. The van der Waals surface area contributed by atoms with Gasteiger partial charge in [0.25, 0.3) is 0 Å². The average molecular weight is 246 g/mol. The van der Waals surface area contributed by atoms with Crippen molar-refractivity contribution in [3.63, 3.8) is 0 Å². The lowest BCUT2D eigenvalue weighted by molar-refractivity contribution is 0.0682. The van der Waals surface area contributed by atoms with E-state index < -0.39 is 5.60 Å². The van der Waals surface area contributed by atoms with Crippen LogP contribution in [0.25, 0.3) is 0 Å². The van der Waals surface area contributed by atoms with Gasteiger partial charge in [0, 0.05) is 0 Å². The molecule has 2 heteroatoms. The molecule has 1 atom stereocenters. The smallest absolute Gasteiger partial charge is 0.0591 e. The fourth-order valence-corrected chi connectivity index (χ4v) is 1.78. The zero-order valence-corrected chi connectivity index (χ0v) is 12.8. The van der Waals surface area contributed by atoms with Crippen molar-refractivity contribution in [2.45, 2.75) is 91.8 Å². The highest BCUT2D eigenvalue weighted by atomic mass is 16.3. The highest BCUT2D eigenvalue weighted by Crippen LogP contribution is 2.12. The van der Waals surface area contributed by atoms with E-state index in [0.717, 1.165) is 25.7 Å². The van der Waals surface area contributed by atoms with Gasteiger partial charge >= 0.3 is 0 Å². The van der Waals surface area contributed by atoms with Gasteiger partial charge in [-0.1, -0.05) is 52.9 Å². The molecule has 0 spiro atoms. The van der Waals surface area contributed by atoms with Crippen molar-refractivity contribution in [2.24, 2.45) is 5.92 Å². The van der Waals surface area contributed by atoms with Gasteiger partial charge in [0.15, 0.2) is 0 Å². The van der Waals surface area contributed by atoms with Gasteiger partial charge < -0.3 is 10.2 Å². The Morgan fingerprint density at radius 2 is 1.47 bits per heavy atom. The Labute approximate surface area is 108 Å². The molecule has 0 aromatic carbocycles. The van der Waals surface area contributed by atoms with Gasteiger partial charge in [-0.3, -0.25) is 0 Å². The Kier molecular flexibility index (Phi) is 12.5. The summed E-state index contributed by atoms with van der Waals surface area (Å²) in [6.45, 7) is 12.0. The molecule has 1 unspecified atom stereocenters. The third-order valence-electron chi connectivity index (χ3n) is 3.12. The van der Waals surface area contributed by atoms with Crippen molar-refractivity contribution in [3.05, 3.63) is 0 Å². The maximum absolute atomic E-state index is 9.24. The molecule has 0 amide bonds. The van der Waals surface area contributed by atoms with Crippen LogP contribution in [-0.4, -0.2) is 21.9 Å². The lowest BCUT2D eigenvalue weighted by Crippen LogP contribution is -2.17. The topological polar surface area (TPSA) is 40.5 Å². The number of unbranched alkanes of at least 4 members (excludes halogenated alkanes) is 2. The summed E-state index contributed by atoms with van der Waals surface area (Å²) in [5, 5.41) is 18.3. The van der Waals surface area contributed by atoms with E-state index in [1.54, 1.807) is 0 Å². The van der Waals surface area contributed by atoms with Crippen LogP contribution in [-0.2, 0) is 0 Å². The summed E-state index contributed by atoms with van der Waals surface area (Å²) >= 11 is 0. The third kappa shape index (κ3) is 15.9. The van der Waals surface area contributed by atoms with Crippen LogP contribution in [0.4, 0.5) is 0 Å². The van der Waals surface area contributed by atoms with E-state index in [2.05, 4.69) is 20.8 Å². The van der Waals surface area contributed by atoms with E-state index in [1.807, 2.05) is 20.8 Å². The summed E-state index contributed by atoms with van der Waals surface area (Å²) in [7, 11) is 0. The van der Waals surface area contributed by atoms with Crippen LogP contribution >= 0.6 is 0 Å². The summed E-state index contributed by atoms with van der Waals surface area (Å²) in [5.41, 5.74) is -0.449. The fourth-order valence-electron chi connectivity index (χ4n) is 1.78. The molecule has 0 aliphatic heterocycles. The minimum atomic E-state index is -0.449. The van der Waals surface area contributed by atoms with Crippen molar-refractivity contribution in [2.75, 3.05) is 0 Å². The fraction of sp³-hybridized carbons (Fsp3) is 1.00. The number of rotatable bonds is 7. The van der Waals surface area contributed by atoms with Crippen molar-refractivity contribution < 1.29 is 10.2 Å². The molecule has 0 fully saturated rings. The van der Waals surface area contributed by atoms with E-state index >= 15 is 0 Å². The van der Waals surface area contributed by atoms with E-state index in [0.29, 0.717) is 5.92 Å². The highest BCUT2D eigenvalue weighted by molar-refractivity contribution is 4.63. The maximum Gasteiger partial charge on any atom is 0.0591 e. The number of aliphatic hydroxyl groups excluding tert-OH is 1. The van der Waals surface area contributed by atoms with Gasteiger partial charge in [0.1, 0.15) is 0 Å². The van der Waals surface area contributed by atoms with Gasteiger partial charge in [-0.2, -0.15) is 0 Å². The van der Waals surface area contributed by atoms with E-state index in [4.69, 9.17) is 5.11 Å². The number of aliphatic hydroxyl groups is 2. The largest absolute Gasteiger partial charge is 0.393 e.